The van der Waals surface area contributed by atoms with Crippen molar-refractivity contribution in [3.63, 3.8) is 0 Å². The molecule has 0 saturated carbocycles. The molecule has 0 spiro atoms. The maximum atomic E-state index is 14.0. The standard InChI is InChI=1S/C21H22ClFN2O3/c1-4-10-25-16-11-13(8-9-17(16)28-12-21(2,3)20(25)27)24-19(26)18-14(22)6-5-7-15(18)23/h5-9,11H,4,10,12H2,1-3H3,(H,24,26). The molecule has 0 aromatic heterocycles. The zero-order valence-electron chi connectivity index (χ0n) is 16.0. The van der Waals surface area contributed by atoms with Crippen LogP contribution in [0, 0.1) is 11.2 Å². The minimum Gasteiger partial charge on any atom is -0.490 e. The lowest BCUT2D eigenvalue weighted by Gasteiger charge is -2.27. The topological polar surface area (TPSA) is 58.6 Å². The molecule has 148 valence electrons. The third kappa shape index (κ3) is 3.83. The Bertz CT molecular complexity index is 910. The third-order valence-electron chi connectivity index (χ3n) is 4.56. The molecule has 0 fully saturated rings. The van der Waals surface area contributed by atoms with Gasteiger partial charge in [0.05, 0.1) is 21.7 Å². The molecule has 2 aromatic rings. The van der Waals surface area contributed by atoms with Gasteiger partial charge in [-0.25, -0.2) is 4.39 Å². The molecular weight excluding hydrogens is 383 g/mol. The molecule has 3 rings (SSSR count). The van der Waals surface area contributed by atoms with Crippen molar-refractivity contribution >= 4 is 34.8 Å². The molecule has 1 N–H and O–H groups in total. The minimum atomic E-state index is -0.701. The molecule has 0 aliphatic carbocycles. The lowest BCUT2D eigenvalue weighted by Crippen LogP contribution is -2.42. The van der Waals surface area contributed by atoms with Gasteiger partial charge in [0.25, 0.3) is 5.91 Å². The van der Waals surface area contributed by atoms with Gasteiger partial charge in [-0.15, -0.1) is 0 Å². The molecular formula is C21H22ClFN2O3. The SMILES string of the molecule is CCCN1C(=O)C(C)(C)COc2ccc(NC(=O)c3c(F)cccc3Cl)cc21. The van der Waals surface area contributed by atoms with Gasteiger partial charge in [-0.2, -0.15) is 0 Å². The summed E-state index contributed by atoms with van der Waals surface area (Å²) in [7, 11) is 0. The number of benzene rings is 2. The highest BCUT2D eigenvalue weighted by Gasteiger charge is 2.37. The lowest BCUT2D eigenvalue weighted by atomic mass is 9.93. The predicted molar refractivity (Wildman–Crippen MR) is 108 cm³/mol. The average Bonchev–Trinajstić information content (AvgIpc) is 2.72. The number of nitrogens with one attached hydrogen (secondary N) is 1. The molecule has 2 aromatic carbocycles. The van der Waals surface area contributed by atoms with Crippen LogP contribution in [0.4, 0.5) is 15.8 Å². The second kappa shape index (κ2) is 7.80. The molecule has 7 heteroatoms. The Morgan fingerprint density at radius 3 is 2.75 bits per heavy atom. The molecule has 0 bridgehead atoms. The highest BCUT2D eigenvalue weighted by molar-refractivity contribution is 6.34. The Hall–Kier alpha value is -2.60. The van der Waals surface area contributed by atoms with E-state index in [9.17, 15) is 14.0 Å². The molecule has 0 unspecified atom stereocenters. The van der Waals surface area contributed by atoms with Crippen LogP contribution < -0.4 is 15.0 Å². The number of amides is 2. The third-order valence-corrected chi connectivity index (χ3v) is 4.87. The number of halogens is 2. The molecule has 1 aliphatic heterocycles. The van der Waals surface area contributed by atoms with Crippen molar-refractivity contribution in [2.24, 2.45) is 5.41 Å². The quantitative estimate of drug-likeness (QED) is 0.789. The van der Waals surface area contributed by atoms with Crippen molar-refractivity contribution in [2.45, 2.75) is 27.2 Å². The van der Waals surface area contributed by atoms with Crippen LogP contribution in [0.1, 0.15) is 37.6 Å². The van der Waals surface area contributed by atoms with Crippen LogP contribution in [0.3, 0.4) is 0 Å². The van der Waals surface area contributed by atoms with Crippen molar-refractivity contribution in [3.8, 4) is 5.75 Å². The van der Waals surface area contributed by atoms with Gasteiger partial charge >= 0.3 is 0 Å². The number of rotatable bonds is 4. The maximum Gasteiger partial charge on any atom is 0.260 e. The summed E-state index contributed by atoms with van der Waals surface area (Å²) >= 11 is 5.97. The van der Waals surface area contributed by atoms with Crippen LogP contribution in [-0.2, 0) is 4.79 Å². The Kier molecular flexibility index (Phi) is 5.61. The van der Waals surface area contributed by atoms with Gasteiger partial charge < -0.3 is 15.0 Å². The van der Waals surface area contributed by atoms with E-state index in [4.69, 9.17) is 16.3 Å². The monoisotopic (exact) mass is 404 g/mol. The van der Waals surface area contributed by atoms with Crippen LogP contribution >= 0.6 is 11.6 Å². The number of ether oxygens (including phenoxy) is 1. The van der Waals surface area contributed by atoms with E-state index in [2.05, 4.69) is 5.32 Å². The van der Waals surface area contributed by atoms with Gasteiger partial charge in [0.15, 0.2) is 0 Å². The summed E-state index contributed by atoms with van der Waals surface area (Å²) < 4.78 is 19.8. The van der Waals surface area contributed by atoms with Gasteiger partial charge in [0, 0.05) is 12.2 Å². The van der Waals surface area contributed by atoms with Gasteiger partial charge in [0.2, 0.25) is 5.91 Å². The summed E-state index contributed by atoms with van der Waals surface area (Å²) in [6.45, 7) is 6.45. The Labute approximate surface area is 168 Å². The number of anilines is 2. The molecule has 1 aliphatic rings. The first kappa shape index (κ1) is 20.1. The first-order valence-electron chi connectivity index (χ1n) is 9.09. The smallest absolute Gasteiger partial charge is 0.260 e. The average molecular weight is 405 g/mol. The number of nitrogens with zero attached hydrogens (tertiary/aromatic N) is 1. The number of carbonyl (C=O) groups is 2. The van der Waals surface area contributed by atoms with Crippen molar-refractivity contribution in [1.82, 2.24) is 0 Å². The van der Waals surface area contributed by atoms with Gasteiger partial charge in [-0.3, -0.25) is 9.59 Å². The van der Waals surface area contributed by atoms with Crippen LogP contribution in [0.15, 0.2) is 36.4 Å². The van der Waals surface area contributed by atoms with Crippen molar-refractivity contribution in [1.29, 1.82) is 0 Å². The summed E-state index contributed by atoms with van der Waals surface area (Å²) in [5, 5.41) is 2.68. The Morgan fingerprint density at radius 1 is 1.32 bits per heavy atom. The van der Waals surface area contributed by atoms with Gasteiger partial charge in [0.1, 0.15) is 18.2 Å². The Morgan fingerprint density at radius 2 is 2.07 bits per heavy atom. The van der Waals surface area contributed by atoms with E-state index < -0.39 is 17.1 Å². The second-order valence-corrected chi connectivity index (χ2v) is 7.77. The minimum absolute atomic E-state index is 0.0279. The fourth-order valence-corrected chi connectivity index (χ4v) is 3.33. The van der Waals surface area contributed by atoms with Crippen LogP contribution in [0.5, 0.6) is 5.75 Å². The van der Waals surface area contributed by atoms with E-state index in [-0.39, 0.29) is 23.1 Å². The largest absolute Gasteiger partial charge is 0.490 e. The molecule has 0 radical (unpaired) electrons. The first-order chi connectivity index (χ1) is 13.2. The number of carbonyl (C=O) groups excluding carboxylic acids is 2. The zero-order chi connectivity index (χ0) is 20.5. The zero-order valence-corrected chi connectivity index (χ0v) is 16.8. The van der Waals surface area contributed by atoms with E-state index >= 15 is 0 Å². The van der Waals surface area contributed by atoms with Crippen LogP contribution in [-0.4, -0.2) is 25.0 Å². The van der Waals surface area contributed by atoms with Crippen LogP contribution in [0.25, 0.3) is 0 Å². The van der Waals surface area contributed by atoms with Crippen molar-refractivity contribution in [3.05, 3.63) is 52.8 Å². The number of hydrogen-bond acceptors (Lipinski definition) is 3. The molecule has 0 atom stereocenters. The second-order valence-electron chi connectivity index (χ2n) is 7.36. The lowest BCUT2D eigenvalue weighted by molar-refractivity contribution is -0.127. The summed E-state index contributed by atoms with van der Waals surface area (Å²) in [5.41, 5.74) is 0.103. The first-order valence-corrected chi connectivity index (χ1v) is 9.46. The number of fused-ring (bicyclic) bond motifs is 1. The summed E-state index contributed by atoms with van der Waals surface area (Å²) in [6, 6.07) is 9.08. The summed E-state index contributed by atoms with van der Waals surface area (Å²) in [6.07, 6.45) is 0.767. The summed E-state index contributed by atoms with van der Waals surface area (Å²) in [5.74, 6) is -0.845. The van der Waals surface area contributed by atoms with E-state index in [0.29, 0.717) is 23.7 Å². The van der Waals surface area contributed by atoms with E-state index in [1.54, 1.807) is 23.1 Å². The molecule has 28 heavy (non-hydrogen) atoms. The molecule has 1 heterocycles. The fraction of sp³-hybridized carbons (Fsp3) is 0.333. The number of hydrogen-bond donors (Lipinski definition) is 1. The Balaban J connectivity index is 1.95. The molecule has 0 saturated heterocycles. The predicted octanol–water partition coefficient (Wildman–Crippen LogP) is 4.89. The van der Waals surface area contributed by atoms with Gasteiger partial charge in [-0.05, 0) is 50.6 Å². The van der Waals surface area contributed by atoms with Crippen molar-refractivity contribution < 1.29 is 18.7 Å². The highest BCUT2D eigenvalue weighted by Crippen LogP contribution is 2.38. The highest BCUT2D eigenvalue weighted by atomic mass is 35.5. The van der Waals surface area contributed by atoms with Crippen LogP contribution in [0.2, 0.25) is 5.02 Å². The normalized spacial score (nSPS) is 15.5. The van der Waals surface area contributed by atoms with E-state index in [1.807, 2.05) is 20.8 Å². The van der Waals surface area contributed by atoms with Gasteiger partial charge in [-0.1, -0.05) is 24.6 Å². The maximum absolute atomic E-state index is 14.0. The summed E-state index contributed by atoms with van der Waals surface area (Å²) in [4.78, 5) is 27.1. The van der Waals surface area contributed by atoms with Crippen molar-refractivity contribution in [2.75, 3.05) is 23.4 Å². The fourth-order valence-electron chi connectivity index (χ4n) is 3.08. The van der Waals surface area contributed by atoms with E-state index in [1.165, 1.54) is 18.2 Å². The van der Waals surface area contributed by atoms with E-state index in [0.717, 1.165) is 6.42 Å². The molecule has 5 nitrogen and oxygen atoms in total. The molecule has 2 amide bonds.